The van der Waals surface area contributed by atoms with Gasteiger partial charge in [-0.2, -0.15) is 5.26 Å². The summed E-state index contributed by atoms with van der Waals surface area (Å²) in [6.07, 6.45) is 0. The highest BCUT2D eigenvalue weighted by atomic mass is 79.9. The fourth-order valence-corrected chi connectivity index (χ4v) is 1.85. The topological polar surface area (TPSA) is 91.8 Å². The summed E-state index contributed by atoms with van der Waals surface area (Å²) in [5.41, 5.74) is 0.882. The average molecular weight is 307 g/mol. The fourth-order valence-electron chi connectivity index (χ4n) is 1.49. The van der Waals surface area contributed by atoms with E-state index in [1.807, 2.05) is 6.07 Å². The molecule has 0 saturated carbocycles. The third kappa shape index (κ3) is 2.10. The summed E-state index contributed by atoms with van der Waals surface area (Å²) in [7, 11) is 0. The zero-order valence-electron chi connectivity index (χ0n) is 9.25. The van der Waals surface area contributed by atoms with Crippen molar-refractivity contribution in [2.45, 2.75) is 6.92 Å². The normalized spacial score (nSPS) is 10.1. The van der Waals surface area contributed by atoms with Crippen LogP contribution in [-0.4, -0.2) is 25.8 Å². The molecule has 1 heterocycles. The van der Waals surface area contributed by atoms with Crippen LogP contribution in [0.2, 0.25) is 0 Å². The summed E-state index contributed by atoms with van der Waals surface area (Å²) >= 11 is 3.27. The first-order valence-corrected chi connectivity index (χ1v) is 5.69. The van der Waals surface area contributed by atoms with Crippen LogP contribution in [0.4, 0.5) is 0 Å². The molecule has 0 aliphatic heterocycles. The second kappa shape index (κ2) is 4.58. The van der Waals surface area contributed by atoms with Crippen LogP contribution in [-0.2, 0) is 0 Å². The lowest BCUT2D eigenvalue weighted by atomic mass is 10.2. The first-order valence-electron chi connectivity index (χ1n) is 4.90. The van der Waals surface area contributed by atoms with Crippen molar-refractivity contribution >= 4 is 21.9 Å². The van der Waals surface area contributed by atoms with Crippen LogP contribution in [0.15, 0.2) is 22.7 Å². The molecular weight excluding hydrogens is 300 g/mol. The minimum Gasteiger partial charge on any atom is -0.475 e. The van der Waals surface area contributed by atoms with Gasteiger partial charge in [-0.25, -0.2) is 14.5 Å². The zero-order chi connectivity index (χ0) is 13.3. The van der Waals surface area contributed by atoms with Crippen LogP contribution in [0, 0.1) is 18.3 Å². The van der Waals surface area contributed by atoms with Gasteiger partial charge >= 0.3 is 5.97 Å². The maximum absolute atomic E-state index is 10.8. The van der Waals surface area contributed by atoms with Crippen LogP contribution >= 0.6 is 15.9 Å². The smallest absolute Gasteiger partial charge is 0.375 e. The van der Waals surface area contributed by atoms with Crippen LogP contribution in [0.5, 0.6) is 0 Å². The Morgan fingerprint density at radius 1 is 1.56 bits per heavy atom. The van der Waals surface area contributed by atoms with Crippen molar-refractivity contribution in [2.24, 2.45) is 0 Å². The molecule has 2 aromatic rings. The number of hydrogen-bond donors (Lipinski definition) is 1. The number of nitriles is 1. The molecule has 6 nitrogen and oxygen atoms in total. The minimum absolute atomic E-state index is 0.292. The molecule has 0 fully saturated rings. The number of carbonyl (C=O) groups is 1. The fraction of sp³-hybridized carbons (Fsp3) is 0.0909. The highest BCUT2D eigenvalue weighted by Gasteiger charge is 2.15. The predicted molar refractivity (Wildman–Crippen MR) is 65.5 cm³/mol. The first-order chi connectivity index (χ1) is 8.52. The molecule has 0 unspecified atom stereocenters. The Morgan fingerprint density at radius 3 is 2.83 bits per heavy atom. The summed E-state index contributed by atoms with van der Waals surface area (Å²) in [6.45, 7) is 1.63. The molecule has 0 atom stereocenters. The number of aromatic carboxylic acids is 1. The third-order valence-corrected chi connectivity index (χ3v) is 2.76. The lowest BCUT2D eigenvalue weighted by molar-refractivity contribution is 0.0683. The van der Waals surface area contributed by atoms with Gasteiger partial charge in [0.2, 0.25) is 0 Å². The molecule has 2 rings (SSSR count). The number of carboxylic acids is 1. The number of benzene rings is 1. The van der Waals surface area contributed by atoms with Gasteiger partial charge in [0.1, 0.15) is 11.9 Å². The summed E-state index contributed by atoms with van der Waals surface area (Å²) in [4.78, 5) is 14.6. The number of halogens is 1. The maximum Gasteiger partial charge on any atom is 0.375 e. The Bertz CT molecular complexity index is 672. The highest BCUT2D eigenvalue weighted by Crippen LogP contribution is 2.20. The van der Waals surface area contributed by atoms with Crippen molar-refractivity contribution in [3.8, 4) is 11.8 Å². The van der Waals surface area contributed by atoms with Gasteiger partial charge in [0, 0.05) is 4.47 Å². The van der Waals surface area contributed by atoms with Gasteiger partial charge in [-0.3, -0.25) is 0 Å². The Labute approximate surface area is 111 Å². The molecule has 0 aliphatic carbocycles. The molecule has 1 aromatic heterocycles. The van der Waals surface area contributed by atoms with E-state index >= 15 is 0 Å². The van der Waals surface area contributed by atoms with Crippen LogP contribution in [0.25, 0.3) is 5.69 Å². The molecule has 0 saturated heterocycles. The standard InChI is InChI=1S/C11H7BrN4O2/c1-6-14-10(11(17)18)15-16(6)9-3-2-8(12)4-7(9)5-13/h2-4H,1H3,(H,17,18). The largest absolute Gasteiger partial charge is 0.475 e. The molecule has 7 heteroatoms. The second-order valence-electron chi connectivity index (χ2n) is 3.47. The molecule has 90 valence electrons. The van der Waals surface area contributed by atoms with E-state index in [9.17, 15) is 4.79 Å². The Hall–Kier alpha value is -2.20. The molecule has 0 aliphatic rings. The molecular formula is C11H7BrN4O2. The van der Waals surface area contributed by atoms with Crippen molar-refractivity contribution in [3.05, 3.63) is 39.9 Å². The van der Waals surface area contributed by atoms with Gasteiger partial charge in [-0.1, -0.05) is 15.9 Å². The molecule has 18 heavy (non-hydrogen) atoms. The third-order valence-electron chi connectivity index (χ3n) is 2.27. The van der Waals surface area contributed by atoms with Crippen molar-refractivity contribution in [3.63, 3.8) is 0 Å². The highest BCUT2D eigenvalue weighted by molar-refractivity contribution is 9.10. The number of rotatable bonds is 2. The molecule has 1 N–H and O–H groups in total. The number of aromatic nitrogens is 3. The van der Waals surface area contributed by atoms with E-state index in [-0.39, 0.29) is 5.82 Å². The van der Waals surface area contributed by atoms with E-state index in [0.717, 1.165) is 4.47 Å². The van der Waals surface area contributed by atoms with Crippen molar-refractivity contribution in [2.75, 3.05) is 0 Å². The average Bonchev–Trinajstić information content (AvgIpc) is 2.71. The zero-order valence-corrected chi connectivity index (χ0v) is 10.8. The lowest BCUT2D eigenvalue weighted by Crippen LogP contribution is -2.04. The van der Waals surface area contributed by atoms with Gasteiger partial charge in [-0.05, 0) is 25.1 Å². The van der Waals surface area contributed by atoms with Crippen molar-refractivity contribution in [1.29, 1.82) is 5.26 Å². The predicted octanol–water partition coefficient (Wildman–Crippen LogP) is 1.91. The van der Waals surface area contributed by atoms with Gasteiger partial charge < -0.3 is 5.11 Å². The van der Waals surface area contributed by atoms with E-state index in [2.05, 4.69) is 26.0 Å². The summed E-state index contributed by atoms with van der Waals surface area (Å²) in [6, 6.07) is 7.09. The summed E-state index contributed by atoms with van der Waals surface area (Å²) in [5, 5.41) is 21.7. The monoisotopic (exact) mass is 306 g/mol. The van der Waals surface area contributed by atoms with E-state index < -0.39 is 5.97 Å². The Balaban J connectivity index is 2.62. The maximum atomic E-state index is 10.8. The quantitative estimate of drug-likeness (QED) is 0.915. The second-order valence-corrected chi connectivity index (χ2v) is 4.39. The van der Waals surface area contributed by atoms with Crippen LogP contribution in [0.3, 0.4) is 0 Å². The van der Waals surface area contributed by atoms with Gasteiger partial charge in [0.25, 0.3) is 5.82 Å². The van der Waals surface area contributed by atoms with Crippen molar-refractivity contribution in [1.82, 2.24) is 14.8 Å². The molecule has 0 amide bonds. The van der Waals surface area contributed by atoms with Crippen molar-refractivity contribution < 1.29 is 9.90 Å². The van der Waals surface area contributed by atoms with Crippen LogP contribution in [0.1, 0.15) is 22.0 Å². The van der Waals surface area contributed by atoms with Crippen LogP contribution < -0.4 is 0 Å². The number of nitrogens with zero attached hydrogens (tertiary/aromatic N) is 4. The molecule has 1 aromatic carbocycles. The molecule has 0 bridgehead atoms. The van der Waals surface area contributed by atoms with E-state index in [1.54, 1.807) is 25.1 Å². The van der Waals surface area contributed by atoms with E-state index in [4.69, 9.17) is 10.4 Å². The number of hydrogen-bond acceptors (Lipinski definition) is 4. The number of carboxylic acid groups (broad SMARTS) is 1. The van der Waals surface area contributed by atoms with Gasteiger partial charge in [-0.15, -0.1) is 5.10 Å². The molecule has 0 spiro atoms. The van der Waals surface area contributed by atoms with Gasteiger partial charge in [0.15, 0.2) is 0 Å². The summed E-state index contributed by atoms with van der Waals surface area (Å²) in [5.74, 6) is -1.09. The first kappa shape index (κ1) is 12.3. The number of aryl methyl sites for hydroxylation is 1. The van der Waals surface area contributed by atoms with Gasteiger partial charge in [0.05, 0.1) is 11.3 Å². The minimum atomic E-state index is -1.20. The Morgan fingerprint density at radius 2 is 2.28 bits per heavy atom. The van der Waals surface area contributed by atoms with E-state index in [1.165, 1.54) is 4.68 Å². The Kier molecular flexibility index (Phi) is 3.12. The SMILES string of the molecule is Cc1nc(C(=O)O)nn1-c1ccc(Br)cc1C#N. The van der Waals surface area contributed by atoms with E-state index in [0.29, 0.717) is 17.1 Å². The molecule has 0 radical (unpaired) electrons. The summed E-state index contributed by atoms with van der Waals surface area (Å²) < 4.78 is 2.10. The lowest BCUT2D eigenvalue weighted by Gasteiger charge is -2.05.